The zero-order chi connectivity index (χ0) is 13.1. The summed E-state index contributed by atoms with van der Waals surface area (Å²) in [7, 11) is 0. The second-order valence-electron chi connectivity index (χ2n) is 4.84. The van der Waals surface area contributed by atoms with Crippen LogP contribution in [0.5, 0.6) is 5.75 Å². The molecule has 0 aromatic heterocycles. The second-order valence-corrected chi connectivity index (χ2v) is 4.84. The van der Waals surface area contributed by atoms with Gasteiger partial charge in [-0.15, -0.1) is 0 Å². The Labute approximate surface area is 107 Å². The van der Waals surface area contributed by atoms with E-state index in [1.807, 2.05) is 36.4 Å². The van der Waals surface area contributed by atoms with Crippen LogP contribution in [0.4, 0.5) is 0 Å². The average molecular weight is 242 g/mol. The van der Waals surface area contributed by atoms with Crippen LogP contribution in [0.2, 0.25) is 0 Å². The monoisotopic (exact) mass is 242 g/mol. The molecule has 3 N–H and O–H groups in total. The van der Waals surface area contributed by atoms with Crippen molar-refractivity contribution in [2.45, 2.75) is 13.8 Å². The van der Waals surface area contributed by atoms with Crippen LogP contribution in [0.3, 0.4) is 0 Å². The first-order valence-corrected chi connectivity index (χ1v) is 6.07. The molecule has 0 heterocycles. The molecule has 2 aromatic rings. The van der Waals surface area contributed by atoms with Crippen molar-refractivity contribution in [3.05, 3.63) is 42.0 Å². The summed E-state index contributed by atoms with van der Waals surface area (Å²) in [5, 5.41) is 9.59. The molecule has 0 fully saturated rings. The van der Waals surface area contributed by atoms with Crippen LogP contribution in [0.25, 0.3) is 10.8 Å². The molecule has 3 nitrogen and oxygen atoms in total. The first kappa shape index (κ1) is 12.4. The lowest BCUT2D eigenvalue weighted by atomic mass is 10.1. The van der Waals surface area contributed by atoms with Crippen molar-refractivity contribution in [1.29, 1.82) is 5.41 Å². The molecule has 0 bridgehead atoms. The maximum atomic E-state index is 7.42. The first-order chi connectivity index (χ1) is 8.56. The molecule has 0 aliphatic carbocycles. The van der Waals surface area contributed by atoms with Gasteiger partial charge in [0.25, 0.3) is 0 Å². The van der Waals surface area contributed by atoms with Crippen molar-refractivity contribution >= 4 is 16.6 Å². The van der Waals surface area contributed by atoms with Gasteiger partial charge < -0.3 is 10.5 Å². The molecule has 0 saturated carbocycles. The van der Waals surface area contributed by atoms with Crippen molar-refractivity contribution in [2.75, 3.05) is 6.61 Å². The molecule has 0 amide bonds. The molecule has 0 saturated heterocycles. The lowest BCUT2D eigenvalue weighted by Gasteiger charge is -2.09. The standard InChI is InChI=1S/C15H18N2O/c1-10(2)9-18-14-6-5-11-7-13(15(16)17)4-3-12(11)8-14/h3-8,10H,9H2,1-2H3,(H3,16,17). The maximum absolute atomic E-state index is 7.42. The summed E-state index contributed by atoms with van der Waals surface area (Å²) < 4.78 is 5.69. The summed E-state index contributed by atoms with van der Waals surface area (Å²) in [5.74, 6) is 1.49. The summed E-state index contributed by atoms with van der Waals surface area (Å²) in [6.45, 7) is 4.97. The molecule has 0 aliphatic heterocycles. The highest BCUT2D eigenvalue weighted by Gasteiger charge is 2.02. The highest BCUT2D eigenvalue weighted by Crippen LogP contribution is 2.22. The third-order valence-corrected chi connectivity index (χ3v) is 2.71. The quantitative estimate of drug-likeness (QED) is 0.639. The summed E-state index contributed by atoms with van der Waals surface area (Å²) in [5.41, 5.74) is 6.22. The van der Waals surface area contributed by atoms with Gasteiger partial charge in [0.15, 0.2) is 0 Å². The molecule has 18 heavy (non-hydrogen) atoms. The number of nitrogens with two attached hydrogens (primary N) is 1. The Morgan fingerprint density at radius 3 is 2.50 bits per heavy atom. The fraction of sp³-hybridized carbons (Fsp3) is 0.267. The number of rotatable bonds is 4. The van der Waals surface area contributed by atoms with Gasteiger partial charge in [-0.3, -0.25) is 5.41 Å². The van der Waals surface area contributed by atoms with E-state index < -0.39 is 0 Å². The van der Waals surface area contributed by atoms with E-state index in [2.05, 4.69) is 13.8 Å². The van der Waals surface area contributed by atoms with Crippen LogP contribution < -0.4 is 10.5 Å². The van der Waals surface area contributed by atoms with E-state index in [9.17, 15) is 0 Å². The van der Waals surface area contributed by atoms with Crippen LogP contribution in [0.1, 0.15) is 19.4 Å². The van der Waals surface area contributed by atoms with Gasteiger partial charge in [-0.25, -0.2) is 0 Å². The van der Waals surface area contributed by atoms with Crippen molar-refractivity contribution in [3.8, 4) is 5.75 Å². The van der Waals surface area contributed by atoms with Gasteiger partial charge in [0.2, 0.25) is 0 Å². The second kappa shape index (κ2) is 5.08. The highest BCUT2D eigenvalue weighted by atomic mass is 16.5. The normalized spacial score (nSPS) is 10.8. The molecule has 0 unspecified atom stereocenters. The number of nitrogens with one attached hydrogen (secondary N) is 1. The van der Waals surface area contributed by atoms with Crippen LogP contribution in [0, 0.1) is 11.3 Å². The third-order valence-electron chi connectivity index (χ3n) is 2.71. The number of benzene rings is 2. The summed E-state index contributed by atoms with van der Waals surface area (Å²) in [4.78, 5) is 0. The zero-order valence-electron chi connectivity index (χ0n) is 10.7. The molecule has 0 aliphatic rings. The van der Waals surface area contributed by atoms with Gasteiger partial charge in [-0.2, -0.15) is 0 Å². The van der Waals surface area contributed by atoms with Crippen LogP contribution in [-0.2, 0) is 0 Å². The van der Waals surface area contributed by atoms with E-state index >= 15 is 0 Å². The van der Waals surface area contributed by atoms with Crippen molar-refractivity contribution < 1.29 is 4.74 Å². The Morgan fingerprint density at radius 1 is 1.17 bits per heavy atom. The summed E-state index contributed by atoms with van der Waals surface area (Å²) >= 11 is 0. The van der Waals surface area contributed by atoms with Crippen LogP contribution in [-0.4, -0.2) is 12.4 Å². The SMILES string of the molecule is CC(C)COc1ccc2cc(C(=N)N)ccc2c1. The zero-order valence-corrected chi connectivity index (χ0v) is 10.7. The minimum atomic E-state index is 0.0945. The maximum Gasteiger partial charge on any atom is 0.122 e. The molecule has 0 spiro atoms. The van der Waals surface area contributed by atoms with Gasteiger partial charge in [0.05, 0.1) is 6.61 Å². The number of hydrogen-bond donors (Lipinski definition) is 2. The topological polar surface area (TPSA) is 59.1 Å². The van der Waals surface area contributed by atoms with E-state index in [1.165, 1.54) is 0 Å². The summed E-state index contributed by atoms with van der Waals surface area (Å²) in [6.07, 6.45) is 0. The average Bonchev–Trinajstić information content (AvgIpc) is 2.35. The lowest BCUT2D eigenvalue weighted by Crippen LogP contribution is -2.10. The largest absolute Gasteiger partial charge is 0.493 e. The molecule has 0 radical (unpaired) electrons. The molecular formula is C15H18N2O. The van der Waals surface area contributed by atoms with E-state index in [-0.39, 0.29) is 5.84 Å². The van der Waals surface area contributed by atoms with E-state index in [0.717, 1.165) is 28.7 Å². The Morgan fingerprint density at radius 2 is 1.83 bits per heavy atom. The van der Waals surface area contributed by atoms with Gasteiger partial charge in [0.1, 0.15) is 11.6 Å². The fourth-order valence-corrected chi connectivity index (χ4v) is 1.74. The first-order valence-electron chi connectivity index (χ1n) is 6.07. The summed E-state index contributed by atoms with van der Waals surface area (Å²) in [6, 6.07) is 11.7. The van der Waals surface area contributed by atoms with Crippen molar-refractivity contribution in [1.82, 2.24) is 0 Å². The number of hydrogen-bond acceptors (Lipinski definition) is 2. The van der Waals surface area contributed by atoms with Crippen LogP contribution in [0.15, 0.2) is 36.4 Å². The molecule has 94 valence electrons. The highest BCUT2D eigenvalue weighted by molar-refractivity contribution is 5.99. The number of nitrogen functional groups attached to an aromatic ring is 1. The smallest absolute Gasteiger partial charge is 0.122 e. The van der Waals surface area contributed by atoms with Crippen LogP contribution >= 0.6 is 0 Å². The number of ether oxygens (including phenoxy) is 1. The molecule has 0 atom stereocenters. The number of amidine groups is 1. The number of fused-ring (bicyclic) bond motifs is 1. The van der Waals surface area contributed by atoms with E-state index in [4.69, 9.17) is 15.9 Å². The third kappa shape index (κ3) is 2.80. The molecule has 2 aromatic carbocycles. The Kier molecular flexibility index (Phi) is 3.51. The van der Waals surface area contributed by atoms with Gasteiger partial charge in [-0.05, 0) is 34.9 Å². The predicted octanol–water partition coefficient (Wildman–Crippen LogP) is 3.16. The van der Waals surface area contributed by atoms with Gasteiger partial charge in [-0.1, -0.05) is 32.0 Å². The van der Waals surface area contributed by atoms with Gasteiger partial charge in [0, 0.05) is 5.56 Å². The fourth-order valence-electron chi connectivity index (χ4n) is 1.74. The van der Waals surface area contributed by atoms with E-state index in [0.29, 0.717) is 5.92 Å². The Hall–Kier alpha value is -2.03. The Bertz CT molecular complexity index is 576. The van der Waals surface area contributed by atoms with Crippen molar-refractivity contribution in [2.24, 2.45) is 11.7 Å². The lowest BCUT2D eigenvalue weighted by molar-refractivity contribution is 0.271. The Balaban J connectivity index is 2.29. The van der Waals surface area contributed by atoms with Gasteiger partial charge >= 0.3 is 0 Å². The molecular weight excluding hydrogens is 224 g/mol. The molecule has 3 heteroatoms. The minimum absolute atomic E-state index is 0.0945. The predicted molar refractivity (Wildman–Crippen MR) is 75.3 cm³/mol. The van der Waals surface area contributed by atoms with Crippen molar-refractivity contribution in [3.63, 3.8) is 0 Å². The van der Waals surface area contributed by atoms with E-state index in [1.54, 1.807) is 0 Å². The molecule has 2 rings (SSSR count). The minimum Gasteiger partial charge on any atom is -0.493 e.